The highest BCUT2D eigenvalue weighted by Gasteiger charge is 2.56. The third kappa shape index (κ3) is 1.10. The number of rotatable bonds is 0. The first-order valence-corrected chi connectivity index (χ1v) is 4.80. The van der Waals surface area contributed by atoms with Crippen molar-refractivity contribution < 1.29 is 14.3 Å². The van der Waals surface area contributed by atoms with E-state index < -0.39 is 5.41 Å². The van der Waals surface area contributed by atoms with Crippen molar-refractivity contribution in [2.75, 3.05) is 0 Å². The first-order valence-electron chi connectivity index (χ1n) is 4.80. The maximum Gasteiger partial charge on any atom is 0.320 e. The molecule has 1 saturated heterocycles. The van der Waals surface area contributed by atoms with E-state index in [4.69, 9.17) is 0 Å². The van der Waals surface area contributed by atoms with Gasteiger partial charge in [0.05, 0.1) is 11.3 Å². The van der Waals surface area contributed by atoms with Gasteiger partial charge in [-0.1, -0.05) is 6.92 Å². The zero-order valence-corrected chi connectivity index (χ0v) is 8.00. The summed E-state index contributed by atoms with van der Waals surface area (Å²) in [4.78, 5) is 22.7. The monoisotopic (exact) mass is 182 g/mol. The molecular weight excluding hydrogens is 168 g/mol. The van der Waals surface area contributed by atoms with E-state index in [0.717, 1.165) is 19.3 Å². The minimum Gasteiger partial charge on any atom is -0.392 e. The highest BCUT2D eigenvalue weighted by Crippen LogP contribution is 2.48. The molecule has 1 aliphatic carbocycles. The molecule has 3 heteroatoms. The lowest BCUT2D eigenvalue weighted by Gasteiger charge is -2.33. The van der Waals surface area contributed by atoms with E-state index >= 15 is 0 Å². The van der Waals surface area contributed by atoms with E-state index in [9.17, 15) is 9.59 Å². The molecule has 1 saturated carbocycles. The fourth-order valence-corrected chi connectivity index (χ4v) is 2.38. The smallest absolute Gasteiger partial charge is 0.320 e. The van der Waals surface area contributed by atoms with Gasteiger partial charge in [0.1, 0.15) is 0 Å². The molecule has 2 rings (SSSR count). The summed E-state index contributed by atoms with van der Waals surface area (Å²) in [5, 5.41) is 0. The van der Waals surface area contributed by atoms with Crippen LogP contribution in [0.5, 0.6) is 0 Å². The average molecular weight is 182 g/mol. The maximum atomic E-state index is 11.4. The van der Waals surface area contributed by atoms with E-state index in [1.165, 1.54) is 0 Å². The van der Waals surface area contributed by atoms with Crippen molar-refractivity contribution in [1.29, 1.82) is 0 Å². The summed E-state index contributed by atoms with van der Waals surface area (Å²) >= 11 is 0. The second-order valence-corrected chi connectivity index (χ2v) is 4.56. The lowest BCUT2D eigenvalue weighted by atomic mass is 9.66. The molecule has 0 radical (unpaired) electrons. The van der Waals surface area contributed by atoms with Gasteiger partial charge in [-0.15, -0.1) is 0 Å². The summed E-state index contributed by atoms with van der Waals surface area (Å²) in [6, 6.07) is 0. The first kappa shape index (κ1) is 8.73. The predicted octanol–water partition coefficient (Wildman–Crippen LogP) is 1.51. The highest BCUT2D eigenvalue weighted by atomic mass is 16.6. The second kappa shape index (κ2) is 2.56. The Morgan fingerprint density at radius 1 is 1.46 bits per heavy atom. The van der Waals surface area contributed by atoms with Crippen LogP contribution in [0.2, 0.25) is 0 Å². The summed E-state index contributed by atoms with van der Waals surface area (Å²) in [5.41, 5.74) is -0.510. The van der Waals surface area contributed by atoms with Crippen LogP contribution in [0.1, 0.15) is 33.1 Å². The molecule has 2 aliphatic rings. The van der Waals surface area contributed by atoms with E-state index in [2.05, 4.69) is 11.7 Å². The van der Waals surface area contributed by atoms with E-state index in [1.807, 2.05) is 6.92 Å². The molecule has 0 N–H and O–H groups in total. The molecule has 3 nitrogen and oxygen atoms in total. The van der Waals surface area contributed by atoms with Gasteiger partial charge in [-0.2, -0.15) is 0 Å². The Labute approximate surface area is 77.4 Å². The Morgan fingerprint density at radius 3 is 2.85 bits per heavy atom. The SMILES string of the molecule is CC1CCC2(C)C(=O)OC(=O)C2C1. The zero-order chi connectivity index (χ0) is 9.64. The van der Waals surface area contributed by atoms with Crippen LogP contribution in [-0.2, 0) is 14.3 Å². The van der Waals surface area contributed by atoms with Crippen molar-refractivity contribution in [3.05, 3.63) is 0 Å². The average Bonchev–Trinajstić information content (AvgIpc) is 2.28. The lowest BCUT2D eigenvalue weighted by Crippen LogP contribution is -2.36. The molecule has 0 amide bonds. The van der Waals surface area contributed by atoms with Crippen LogP contribution in [0.3, 0.4) is 0 Å². The van der Waals surface area contributed by atoms with Crippen molar-refractivity contribution in [3.8, 4) is 0 Å². The minimum atomic E-state index is -0.510. The number of ether oxygens (including phenoxy) is 1. The minimum absolute atomic E-state index is 0.177. The first-order chi connectivity index (χ1) is 6.04. The van der Waals surface area contributed by atoms with Crippen LogP contribution in [0.25, 0.3) is 0 Å². The molecule has 0 aromatic carbocycles. The van der Waals surface area contributed by atoms with Gasteiger partial charge in [-0.25, -0.2) is 0 Å². The van der Waals surface area contributed by atoms with Crippen molar-refractivity contribution in [2.24, 2.45) is 17.3 Å². The highest BCUT2D eigenvalue weighted by molar-refractivity contribution is 5.99. The van der Waals surface area contributed by atoms with Crippen LogP contribution < -0.4 is 0 Å². The number of carbonyl (C=O) groups excluding carboxylic acids is 2. The van der Waals surface area contributed by atoms with Gasteiger partial charge in [0.15, 0.2) is 0 Å². The van der Waals surface area contributed by atoms with Crippen molar-refractivity contribution in [2.45, 2.75) is 33.1 Å². The van der Waals surface area contributed by atoms with Gasteiger partial charge in [-0.05, 0) is 32.1 Å². The molecule has 13 heavy (non-hydrogen) atoms. The molecule has 0 aromatic rings. The fourth-order valence-electron chi connectivity index (χ4n) is 2.38. The number of cyclic esters (lactones) is 2. The Morgan fingerprint density at radius 2 is 2.15 bits per heavy atom. The Balaban J connectivity index is 2.30. The van der Waals surface area contributed by atoms with Gasteiger partial charge < -0.3 is 4.74 Å². The largest absolute Gasteiger partial charge is 0.392 e. The molecule has 2 fully saturated rings. The molecule has 0 bridgehead atoms. The maximum absolute atomic E-state index is 11.4. The molecule has 3 atom stereocenters. The predicted molar refractivity (Wildman–Crippen MR) is 45.7 cm³/mol. The number of hydrogen-bond acceptors (Lipinski definition) is 3. The third-order valence-electron chi connectivity index (χ3n) is 3.51. The van der Waals surface area contributed by atoms with Gasteiger partial charge >= 0.3 is 11.9 Å². The van der Waals surface area contributed by atoms with E-state index in [0.29, 0.717) is 5.92 Å². The van der Waals surface area contributed by atoms with Gasteiger partial charge in [0, 0.05) is 0 Å². The Kier molecular flexibility index (Phi) is 1.72. The normalized spacial score (nSPS) is 44.5. The molecular formula is C10H14O3. The zero-order valence-electron chi connectivity index (χ0n) is 8.00. The molecule has 1 heterocycles. The summed E-state index contributed by atoms with van der Waals surface area (Å²) in [7, 11) is 0. The quantitative estimate of drug-likeness (QED) is 0.421. The number of esters is 2. The summed E-state index contributed by atoms with van der Waals surface area (Å²) in [5.74, 6) is -0.256. The van der Waals surface area contributed by atoms with Crippen molar-refractivity contribution in [3.63, 3.8) is 0 Å². The molecule has 3 unspecified atom stereocenters. The van der Waals surface area contributed by atoms with Crippen molar-refractivity contribution in [1.82, 2.24) is 0 Å². The Bertz CT molecular complexity index is 271. The van der Waals surface area contributed by atoms with E-state index in [1.54, 1.807) is 0 Å². The molecule has 0 aromatic heterocycles. The van der Waals surface area contributed by atoms with Gasteiger partial charge in [0.25, 0.3) is 0 Å². The lowest BCUT2D eigenvalue weighted by molar-refractivity contribution is -0.155. The van der Waals surface area contributed by atoms with Crippen LogP contribution in [0, 0.1) is 17.3 Å². The van der Waals surface area contributed by atoms with E-state index in [-0.39, 0.29) is 17.9 Å². The van der Waals surface area contributed by atoms with Gasteiger partial charge in [0.2, 0.25) is 0 Å². The Hall–Kier alpha value is -0.860. The third-order valence-corrected chi connectivity index (χ3v) is 3.51. The van der Waals surface area contributed by atoms with Crippen molar-refractivity contribution >= 4 is 11.9 Å². The number of carbonyl (C=O) groups is 2. The summed E-state index contributed by atoms with van der Waals surface area (Å²) < 4.78 is 4.68. The van der Waals surface area contributed by atoms with Crippen LogP contribution in [0.4, 0.5) is 0 Å². The molecule has 72 valence electrons. The number of fused-ring (bicyclic) bond motifs is 1. The standard InChI is InChI=1S/C10H14O3/c1-6-3-4-10(2)7(5-6)8(11)13-9(10)12/h6-7H,3-5H2,1-2H3. The van der Waals surface area contributed by atoms with Crippen LogP contribution in [-0.4, -0.2) is 11.9 Å². The van der Waals surface area contributed by atoms with Gasteiger partial charge in [-0.3, -0.25) is 9.59 Å². The summed E-state index contributed by atoms with van der Waals surface area (Å²) in [6.07, 6.45) is 2.62. The second-order valence-electron chi connectivity index (χ2n) is 4.56. The number of hydrogen-bond donors (Lipinski definition) is 0. The van der Waals surface area contributed by atoms with Crippen LogP contribution >= 0.6 is 0 Å². The molecule has 0 spiro atoms. The topological polar surface area (TPSA) is 43.4 Å². The molecule has 1 aliphatic heterocycles. The summed E-state index contributed by atoms with van der Waals surface area (Å²) in [6.45, 7) is 3.98. The fraction of sp³-hybridized carbons (Fsp3) is 0.800. The van der Waals surface area contributed by atoms with Crippen LogP contribution in [0.15, 0.2) is 0 Å².